The average molecular weight is 285 g/mol. The zero-order chi connectivity index (χ0) is 14.1. The molecule has 19 heavy (non-hydrogen) atoms. The SMILES string of the molecule is CCOCc1nc(NC)cc(SCC(=O)OCC)n1. The van der Waals surface area contributed by atoms with Crippen molar-refractivity contribution >= 4 is 23.5 Å². The van der Waals surface area contributed by atoms with E-state index >= 15 is 0 Å². The molecule has 1 aromatic heterocycles. The van der Waals surface area contributed by atoms with Crippen molar-refractivity contribution in [2.75, 3.05) is 31.3 Å². The molecule has 0 radical (unpaired) electrons. The van der Waals surface area contributed by atoms with E-state index in [4.69, 9.17) is 9.47 Å². The van der Waals surface area contributed by atoms with E-state index < -0.39 is 0 Å². The Balaban J connectivity index is 2.67. The summed E-state index contributed by atoms with van der Waals surface area (Å²) in [5.41, 5.74) is 0. The van der Waals surface area contributed by atoms with Gasteiger partial charge in [0.05, 0.1) is 12.4 Å². The number of aromatic nitrogens is 2. The molecular weight excluding hydrogens is 266 g/mol. The Morgan fingerprint density at radius 3 is 2.79 bits per heavy atom. The lowest BCUT2D eigenvalue weighted by molar-refractivity contribution is -0.139. The number of thioether (sulfide) groups is 1. The molecule has 1 heterocycles. The van der Waals surface area contributed by atoms with Crippen molar-refractivity contribution in [1.82, 2.24) is 9.97 Å². The number of anilines is 1. The first kappa shape index (κ1) is 15.7. The maximum atomic E-state index is 11.3. The van der Waals surface area contributed by atoms with Gasteiger partial charge < -0.3 is 14.8 Å². The van der Waals surface area contributed by atoms with Crippen molar-refractivity contribution in [2.24, 2.45) is 0 Å². The van der Waals surface area contributed by atoms with Crippen LogP contribution < -0.4 is 5.32 Å². The number of nitrogens with zero attached hydrogens (tertiary/aromatic N) is 2. The topological polar surface area (TPSA) is 73.3 Å². The highest BCUT2D eigenvalue weighted by Gasteiger charge is 2.08. The molecule has 0 amide bonds. The number of ether oxygens (including phenoxy) is 2. The molecule has 0 saturated heterocycles. The summed E-state index contributed by atoms with van der Waals surface area (Å²) in [6, 6.07) is 1.79. The van der Waals surface area contributed by atoms with E-state index in [0.29, 0.717) is 31.5 Å². The van der Waals surface area contributed by atoms with Gasteiger partial charge in [0, 0.05) is 19.7 Å². The van der Waals surface area contributed by atoms with Crippen LogP contribution in [-0.4, -0.2) is 42.0 Å². The molecular formula is C12H19N3O3S. The summed E-state index contributed by atoms with van der Waals surface area (Å²) in [5, 5.41) is 3.68. The van der Waals surface area contributed by atoms with Crippen LogP contribution in [0.3, 0.4) is 0 Å². The highest BCUT2D eigenvalue weighted by atomic mass is 32.2. The lowest BCUT2D eigenvalue weighted by Gasteiger charge is -2.07. The van der Waals surface area contributed by atoms with Gasteiger partial charge in [-0.1, -0.05) is 11.8 Å². The van der Waals surface area contributed by atoms with Gasteiger partial charge in [-0.3, -0.25) is 4.79 Å². The van der Waals surface area contributed by atoms with Crippen molar-refractivity contribution in [3.63, 3.8) is 0 Å². The molecule has 0 saturated carbocycles. The maximum Gasteiger partial charge on any atom is 0.316 e. The Morgan fingerprint density at radius 2 is 2.16 bits per heavy atom. The van der Waals surface area contributed by atoms with Crippen LogP contribution in [0, 0.1) is 0 Å². The molecule has 1 rings (SSSR count). The number of rotatable bonds is 8. The molecule has 0 aliphatic rings. The predicted octanol–water partition coefficient (Wildman–Crippen LogP) is 1.71. The first-order valence-corrected chi connectivity index (χ1v) is 7.10. The fourth-order valence-electron chi connectivity index (χ4n) is 1.27. The van der Waals surface area contributed by atoms with E-state index in [9.17, 15) is 4.79 Å². The minimum atomic E-state index is -0.247. The molecule has 0 unspecified atom stereocenters. The molecule has 0 aromatic carbocycles. The standard InChI is InChI=1S/C12H19N3O3S/c1-4-17-7-10-14-9(13-3)6-11(15-10)19-8-12(16)18-5-2/h6H,4-5,7-8H2,1-3H3,(H,13,14,15). The molecule has 0 aliphatic carbocycles. The van der Waals surface area contributed by atoms with Gasteiger partial charge in [-0.25, -0.2) is 9.97 Å². The number of hydrogen-bond acceptors (Lipinski definition) is 7. The van der Waals surface area contributed by atoms with Crippen molar-refractivity contribution in [1.29, 1.82) is 0 Å². The second-order valence-electron chi connectivity index (χ2n) is 3.49. The van der Waals surface area contributed by atoms with E-state index in [1.807, 2.05) is 6.92 Å². The normalized spacial score (nSPS) is 10.3. The summed E-state index contributed by atoms with van der Waals surface area (Å²) < 4.78 is 10.2. The minimum Gasteiger partial charge on any atom is -0.465 e. The lowest BCUT2D eigenvalue weighted by atomic mass is 10.5. The monoisotopic (exact) mass is 285 g/mol. The van der Waals surface area contributed by atoms with Gasteiger partial charge in [0.2, 0.25) is 0 Å². The van der Waals surface area contributed by atoms with Crippen LogP contribution in [0.1, 0.15) is 19.7 Å². The van der Waals surface area contributed by atoms with Crippen molar-refractivity contribution in [3.8, 4) is 0 Å². The number of carbonyl (C=O) groups is 1. The van der Waals surface area contributed by atoms with Crippen LogP contribution >= 0.6 is 11.8 Å². The number of esters is 1. The van der Waals surface area contributed by atoms with Crippen molar-refractivity contribution in [2.45, 2.75) is 25.5 Å². The third kappa shape index (κ3) is 5.89. The summed E-state index contributed by atoms with van der Waals surface area (Å²) in [4.78, 5) is 19.9. The Bertz CT molecular complexity index is 415. The van der Waals surface area contributed by atoms with E-state index in [0.717, 1.165) is 5.03 Å². The zero-order valence-electron chi connectivity index (χ0n) is 11.4. The highest BCUT2D eigenvalue weighted by molar-refractivity contribution is 7.99. The summed E-state index contributed by atoms with van der Waals surface area (Å²) in [6.07, 6.45) is 0. The van der Waals surface area contributed by atoms with Crippen LogP contribution in [0.2, 0.25) is 0 Å². The van der Waals surface area contributed by atoms with Gasteiger partial charge in [0.25, 0.3) is 0 Å². The number of hydrogen-bond donors (Lipinski definition) is 1. The lowest BCUT2D eigenvalue weighted by Crippen LogP contribution is -2.08. The third-order valence-corrected chi connectivity index (χ3v) is 2.97. The van der Waals surface area contributed by atoms with Crippen molar-refractivity contribution < 1.29 is 14.3 Å². The summed E-state index contributed by atoms with van der Waals surface area (Å²) in [5.74, 6) is 1.29. The van der Waals surface area contributed by atoms with E-state index in [2.05, 4.69) is 15.3 Å². The van der Waals surface area contributed by atoms with Crippen LogP contribution in [0.15, 0.2) is 11.1 Å². The first-order valence-electron chi connectivity index (χ1n) is 6.11. The van der Waals surface area contributed by atoms with Gasteiger partial charge in [-0.2, -0.15) is 0 Å². The van der Waals surface area contributed by atoms with Crippen LogP contribution in [0.4, 0.5) is 5.82 Å². The second-order valence-corrected chi connectivity index (χ2v) is 4.48. The van der Waals surface area contributed by atoms with E-state index in [1.54, 1.807) is 20.0 Å². The molecule has 1 aromatic rings. The highest BCUT2D eigenvalue weighted by Crippen LogP contribution is 2.19. The van der Waals surface area contributed by atoms with Gasteiger partial charge in [-0.15, -0.1) is 0 Å². The number of nitrogens with one attached hydrogen (secondary N) is 1. The van der Waals surface area contributed by atoms with Crippen LogP contribution in [0.25, 0.3) is 0 Å². The fourth-order valence-corrected chi connectivity index (χ4v) is 1.98. The first-order chi connectivity index (χ1) is 9.19. The Kier molecular flexibility index (Phi) is 7.20. The van der Waals surface area contributed by atoms with Crippen LogP contribution in [0.5, 0.6) is 0 Å². The van der Waals surface area contributed by atoms with Gasteiger partial charge in [0.15, 0.2) is 5.82 Å². The molecule has 1 N–H and O–H groups in total. The van der Waals surface area contributed by atoms with Crippen LogP contribution in [-0.2, 0) is 20.9 Å². The molecule has 0 spiro atoms. The second kappa shape index (κ2) is 8.71. The van der Waals surface area contributed by atoms with Crippen molar-refractivity contribution in [3.05, 3.63) is 11.9 Å². The smallest absolute Gasteiger partial charge is 0.316 e. The largest absolute Gasteiger partial charge is 0.465 e. The maximum absolute atomic E-state index is 11.3. The Hall–Kier alpha value is -1.34. The third-order valence-electron chi connectivity index (χ3n) is 2.08. The minimum absolute atomic E-state index is 0.238. The summed E-state index contributed by atoms with van der Waals surface area (Å²) in [6.45, 7) is 5.06. The van der Waals surface area contributed by atoms with Gasteiger partial charge in [0.1, 0.15) is 17.5 Å². The quantitative estimate of drug-likeness (QED) is 0.443. The van der Waals surface area contributed by atoms with E-state index in [-0.39, 0.29) is 11.7 Å². The van der Waals surface area contributed by atoms with Gasteiger partial charge in [-0.05, 0) is 13.8 Å². The number of carbonyl (C=O) groups excluding carboxylic acids is 1. The molecule has 0 atom stereocenters. The Labute approximate surface area is 117 Å². The molecule has 0 aliphatic heterocycles. The average Bonchev–Trinajstić information content (AvgIpc) is 2.43. The summed E-state index contributed by atoms with van der Waals surface area (Å²) in [7, 11) is 1.78. The fraction of sp³-hybridized carbons (Fsp3) is 0.583. The molecule has 6 nitrogen and oxygen atoms in total. The molecule has 0 bridgehead atoms. The van der Waals surface area contributed by atoms with E-state index in [1.165, 1.54) is 11.8 Å². The molecule has 7 heteroatoms. The molecule has 0 fully saturated rings. The van der Waals surface area contributed by atoms with Gasteiger partial charge >= 0.3 is 5.97 Å². The molecule has 106 valence electrons. The Morgan fingerprint density at radius 1 is 1.37 bits per heavy atom. The summed E-state index contributed by atoms with van der Waals surface area (Å²) >= 11 is 1.32. The zero-order valence-corrected chi connectivity index (χ0v) is 12.2. The predicted molar refractivity (Wildman–Crippen MR) is 74.3 cm³/mol.